The zero-order chi connectivity index (χ0) is 5.15. The van der Waals surface area contributed by atoms with E-state index in [9.17, 15) is 4.79 Å². The van der Waals surface area contributed by atoms with Crippen LogP contribution in [0, 0.1) is 0 Å². The molecule has 0 aromatic rings. The summed E-state index contributed by atoms with van der Waals surface area (Å²) in [7, 11) is 0. The van der Waals surface area contributed by atoms with Crippen LogP contribution in [0.4, 0.5) is 0 Å². The minimum absolute atomic E-state index is 1.21. The number of carbonyl (C=O) groups is 1. The standard InChI is InChI=1S/C2H4O2S/c3-2(4)1-5/h5H,1H2,(H,3,4)/i1D. The van der Waals surface area contributed by atoms with Gasteiger partial charge in [-0.05, 0) is 0 Å². The minimum atomic E-state index is -1.29. The lowest BCUT2D eigenvalue weighted by Gasteiger charge is -1.71. The molecule has 0 saturated heterocycles. The Morgan fingerprint density at radius 2 is 2.60 bits per heavy atom. The van der Waals surface area contributed by atoms with E-state index < -0.39 is 11.7 Å². The summed E-state index contributed by atoms with van der Waals surface area (Å²) in [5.41, 5.74) is -1.29. The minimum Gasteiger partial charge on any atom is -0.481 e. The van der Waals surface area contributed by atoms with Crippen LogP contribution >= 0.6 is 12.6 Å². The van der Waals surface area contributed by atoms with Crippen LogP contribution in [0.3, 0.4) is 0 Å². The molecule has 5 heavy (non-hydrogen) atoms. The number of aliphatic carboxylic acids is 1. The van der Waals surface area contributed by atoms with Gasteiger partial charge in [0.15, 0.2) is 0 Å². The monoisotopic (exact) mass is 93.0 g/mol. The second-order valence-corrected chi connectivity index (χ2v) is 0.726. The average molecular weight is 93.1 g/mol. The molecule has 0 spiro atoms. The van der Waals surface area contributed by atoms with Crippen molar-refractivity contribution >= 4 is 18.6 Å². The lowest BCUT2D eigenvalue weighted by atomic mass is 10.8. The van der Waals surface area contributed by atoms with Crippen LogP contribution in [0.5, 0.6) is 0 Å². The van der Waals surface area contributed by atoms with Crippen LogP contribution in [0.1, 0.15) is 1.37 Å². The fourth-order valence-corrected chi connectivity index (χ4v) is 0. The third-order valence-corrected chi connectivity index (χ3v) is 0.331. The first-order valence-electron chi connectivity index (χ1n) is 1.55. The molecule has 0 amide bonds. The van der Waals surface area contributed by atoms with E-state index in [0.29, 0.717) is 0 Å². The van der Waals surface area contributed by atoms with E-state index in [1.165, 1.54) is 0 Å². The Kier molecular flexibility index (Phi) is 1.26. The third-order valence-electron chi connectivity index (χ3n) is 0.110. The smallest absolute Gasteiger partial charge is 0.313 e. The van der Waals surface area contributed by atoms with Gasteiger partial charge >= 0.3 is 5.97 Å². The lowest BCUT2D eigenvalue weighted by molar-refractivity contribution is -0.133. The predicted molar refractivity (Wildman–Crippen MR) is 21.5 cm³/mol. The van der Waals surface area contributed by atoms with E-state index in [1.807, 2.05) is 0 Å². The van der Waals surface area contributed by atoms with Crippen molar-refractivity contribution < 1.29 is 11.3 Å². The van der Waals surface area contributed by atoms with E-state index >= 15 is 0 Å². The first kappa shape index (κ1) is 3.03. The van der Waals surface area contributed by atoms with Gasteiger partial charge in [-0.15, -0.1) is 0 Å². The Morgan fingerprint density at radius 3 is 2.60 bits per heavy atom. The molecular weight excluding hydrogens is 88.1 g/mol. The van der Waals surface area contributed by atoms with E-state index in [4.69, 9.17) is 6.48 Å². The number of thiol groups is 1. The topological polar surface area (TPSA) is 37.3 Å². The van der Waals surface area contributed by atoms with E-state index in [0.717, 1.165) is 0 Å². The fraction of sp³-hybridized carbons (Fsp3) is 0.500. The molecule has 1 N–H and O–H groups in total. The number of hydrogen-bond acceptors (Lipinski definition) is 2. The molecule has 0 aliphatic carbocycles. The summed E-state index contributed by atoms with van der Waals surface area (Å²) in [5, 5.41) is 7.73. The molecule has 0 aromatic carbocycles. The number of hydrogen-bond donors (Lipinski definition) is 2. The summed E-state index contributed by atoms with van der Waals surface area (Å²) in [5.74, 6) is -1.21. The molecule has 0 bridgehead atoms. The van der Waals surface area contributed by atoms with Gasteiger partial charge in [0.05, 0.1) is 5.73 Å². The van der Waals surface area contributed by atoms with Gasteiger partial charge in [-0.1, -0.05) is 0 Å². The average Bonchev–Trinajstić information content (AvgIpc) is 1.36. The fourth-order valence-electron chi connectivity index (χ4n) is 0. The first-order chi connectivity index (χ1) is 2.64. The summed E-state index contributed by atoms with van der Waals surface area (Å²) in [6.07, 6.45) is 0. The molecule has 30 valence electrons. The Bertz CT molecular complexity index is 62.6. The molecule has 0 aliphatic rings. The van der Waals surface area contributed by atoms with E-state index in [2.05, 4.69) is 12.6 Å². The summed E-state index contributed by atoms with van der Waals surface area (Å²) in [4.78, 5) is 9.44. The summed E-state index contributed by atoms with van der Waals surface area (Å²) in [6, 6.07) is 0. The van der Waals surface area contributed by atoms with Crippen LogP contribution in [-0.2, 0) is 4.79 Å². The van der Waals surface area contributed by atoms with Crippen LogP contribution in [-0.4, -0.2) is 16.8 Å². The maximum absolute atomic E-state index is 9.44. The van der Waals surface area contributed by atoms with Gasteiger partial charge in [0.2, 0.25) is 0 Å². The van der Waals surface area contributed by atoms with Crippen LogP contribution in [0.2, 0.25) is 0 Å². The molecule has 0 fully saturated rings. The van der Waals surface area contributed by atoms with Crippen molar-refractivity contribution in [1.82, 2.24) is 0 Å². The van der Waals surface area contributed by atoms with Gasteiger partial charge in [0.25, 0.3) is 0 Å². The Hall–Kier alpha value is -0.180. The number of carboxylic acids is 1. The molecule has 3 heteroatoms. The maximum atomic E-state index is 9.44. The van der Waals surface area contributed by atoms with Gasteiger partial charge in [0, 0.05) is 1.37 Å². The molecule has 0 aromatic heterocycles. The second kappa shape index (κ2) is 2.08. The Morgan fingerprint density at radius 1 is 2.40 bits per heavy atom. The van der Waals surface area contributed by atoms with Crippen molar-refractivity contribution in [2.45, 2.75) is 0 Å². The summed E-state index contributed by atoms with van der Waals surface area (Å²) < 4.78 is 6.30. The van der Waals surface area contributed by atoms with Gasteiger partial charge in [0.1, 0.15) is 0 Å². The highest BCUT2D eigenvalue weighted by Crippen LogP contribution is 1.66. The van der Waals surface area contributed by atoms with E-state index in [1.54, 1.807) is 0 Å². The van der Waals surface area contributed by atoms with Crippen LogP contribution in [0.15, 0.2) is 0 Å². The SMILES string of the molecule is [2H]C(S)C(=O)O. The maximum Gasteiger partial charge on any atom is 0.313 e. The van der Waals surface area contributed by atoms with Crippen molar-refractivity contribution in [3.63, 3.8) is 0 Å². The largest absolute Gasteiger partial charge is 0.481 e. The zero-order valence-electron chi connectivity index (χ0n) is 3.38. The van der Waals surface area contributed by atoms with Gasteiger partial charge in [-0.2, -0.15) is 12.6 Å². The molecule has 0 aliphatic heterocycles. The quantitative estimate of drug-likeness (QED) is 0.448. The van der Waals surface area contributed by atoms with Crippen molar-refractivity contribution in [1.29, 1.82) is 0 Å². The normalized spacial score (nSPS) is 16.6. The van der Waals surface area contributed by atoms with Gasteiger partial charge in [-0.3, -0.25) is 4.79 Å². The third kappa shape index (κ3) is 3.82. The molecule has 1 atom stereocenters. The molecule has 0 radical (unpaired) electrons. The Balaban J connectivity index is 3.26. The lowest BCUT2D eigenvalue weighted by Crippen LogP contribution is -1.92. The van der Waals surface area contributed by atoms with Crippen molar-refractivity contribution in [3.05, 3.63) is 0 Å². The molecule has 0 saturated carbocycles. The summed E-state index contributed by atoms with van der Waals surface area (Å²) >= 11 is 3.26. The molecule has 0 heterocycles. The van der Waals surface area contributed by atoms with E-state index in [-0.39, 0.29) is 0 Å². The predicted octanol–water partition coefficient (Wildman–Crippen LogP) is 0.000800. The second-order valence-electron chi connectivity index (χ2n) is 0.467. The first-order valence-corrected chi connectivity index (χ1v) is 1.49. The van der Waals surface area contributed by atoms with Crippen LogP contribution < -0.4 is 0 Å². The van der Waals surface area contributed by atoms with Gasteiger partial charge < -0.3 is 5.11 Å². The van der Waals surface area contributed by atoms with Gasteiger partial charge in [-0.25, -0.2) is 0 Å². The molecular formula is C2H4O2S. The van der Waals surface area contributed by atoms with Crippen molar-refractivity contribution in [3.8, 4) is 0 Å². The van der Waals surface area contributed by atoms with Crippen molar-refractivity contribution in [2.24, 2.45) is 0 Å². The van der Waals surface area contributed by atoms with Crippen LogP contribution in [0.25, 0.3) is 0 Å². The number of carboxylic acid groups (broad SMARTS) is 1. The highest BCUT2D eigenvalue weighted by molar-refractivity contribution is 7.81. The molecule has 2 nitrogen and oxygen atoms in total. The Labute approximate surface area is 36.6 Å². The zero-order valence-corrected chi connectivity index (χ0v) is 3.27. The summed E-state index contributed by atoms with van der Waals surface area (Å²) in [6.45, 7) is 0. The van der Waals surface area contributed by atoms with Crippen molar-refractivity contribution in [2.75, 3.05) is 5.73 Å². The number of rotatable bonds is 1. The highest BCUT2D eigenvalue weighted by Gasteiger charge is 1.81. The molecule has 0 rings (SSSR count). The molecule has 1 unspecified atom stereocenters. The highest BCUT2D eigenvalue weighted by atomic mass is 32.1.